The fourth-order valence-electron chi connectivity index (χ4n) is 2.93. The zero-order chi connectivity index (χ0) is 14.6. The van der Waals surface area contributed by atoms with Gasteiger partial charge in [-0.2, -0.15) is 0 Å². The number of carbonyl (C=O) groups is 1. The molecule has 1 aliphatic rings. The predicted octanol–water partition coefficient (Wildman–Crippen LogP) is 2.73. The lowest BCUT2D eigenvalue weighted by molar-refractivity contribution is -0.931. The molecule has 0 saturated carbocycles. The Morgan fingerprint density at radius 2 is 1.53 bits per heavy atom. The molecule has 0 bridgehead atoms. The molecular weight excluding hydrogens is 238 g/mol. The van der Waals surface area contributed by atoms with E-state index in [4.69, 9.17) is 9.90 Å². The van der Waals surface area contributed by atoms with E-state index in [9.17, 15) is 0 Å². The number of aliphatic carboxylic acids is 1. The Morgan fingerprint density at radius 1 is 1.00 bits per heavy atom. The van der Waals surface area contributed by atoms with Crippen molar-refractivity contribution in [2.45, 2.75) is 72.1 Å². The first-order valence-corrected chi connectivity index (χ1v) is 8.09. The fraction of sp³-hybridized carbons (Fsp3) is 0.938. The van der Waals surface area contributed by atoms with E-state index in [0.717, 1.165) is 6.92 Å². The van der Waals surface area contributed by atoms with Crippen LogP contribution in [0.15, 0.2) is 0 Å². The molecule has 114 valence electrons. The summed E-state index contributed by atoms with van der Waals surface area (Å²) < 4.78 is 1.44. The minimum Gasteiger partial charge on any atom is -0.550 e. The molecule has 1 fully saturated rings. The molecule has 1 saturated heterocycles. The summed E-state index contributed by atoms with van der Waals surface area (Å²) in [5.41, 5.74) is 0. The maximum Gasteiger partial charge on any atom is 0.0786 e. The summed E-state index contributed by atoms with van der Waals surface area (Å²) >= 11 is 0. The van der Waals surface area contributed by atoms with Gasteiger partial charge in [-0.25, -0.2) is 0 Å². The molecule has 0 aliphatic carbocycles. The normalized spacial score (nSPS) is 17.4. The molecule has 0 atom stereocenters. The van der Waals surface area contributed by atoms with Crippen LogP contribution >= 0.6 is 0 Å². The lowest BCUT2D eigenvalue weighted by Gasteiger charge is -2.41. The number of likely N-dealkylation sites (tertiary alicyclic amines) is 1. The van der Waals surface area contributed by atoms with E-state index in [0.29, 0.717) is 0 Å². The van der Waals surface area contributed by atoms with E-state index in [-0.39, 0.29) is 0 Å². The minimum absolute atomic E-state index is 0.972. The number of rotatable bonds is 7. The van der Waals surface area contributed by atoms with Gasteiger partial charge >= 0.3 is 0 Å². The summed E-state index contributed by atoms with van der Waals surface area (Å²) in [5, 5.41) is 8.89. The highest BCUT2D eigenvalue weighted by molar-refractivity contribution is 5.60. The SMILES string of the molecule is CC(=O)[O-].CCCCCCC[N+]1(CC)CCCCC1. The van der Waals surface area contributed by atoms with Crippen molar-refractivity contribution in [3.05, 3.63) is 0 Å². The van der Waals surface area contributed by atoms with Crippen LogP contribution in [0.4, 0.5) is 0 Å². The van der Waals surface area contributed by atoms with E-state index in [1.54, 1.807) is 0 Å². The Labute approximate surface area is 119 Å². The van der Waals surface area contributed by atoms with Gasteiger partial charge in [0.05, 0.1) is 26.2 Å². The van der Waals surface area contributed by atoms with Crippen LogP contribution < -0.4 is 5.11 Å². The molecule has 0 N–H and O–H groups in total. The van der Waals surface area contributed by atoms with Crippen LogP contribution in [0.3, 0.4) is 0 Å². The van der Waals surface area contributed by atoms with Crippen molar-refractivity contribution in [2.24, 2.45) is 0 Å². The molecule has 1 rings (SSSR count). The second-order valence-corrected chi connectivity index (χ2v) is 5.80. The van der Waals surface area contributed by atoms with Crippen LogP contribution in [-0.4, -0.2) is 36.6 Å². The molecule has 1 heterocycles. The maximum absolute atomic E-state index is 8.89. The molecule has 0 spiro atoms. The van der Waals surface area contributed by atoms with Gasteiger partial charge in [0.2, 0.25) is 0 Å². The minimum atomic E-state index is -1.08. The molecule has 0 aromatic heterocycles. The molecule has 0 aromatic rings. The first-order valence-electron chi connectivity index (χ1n) is 8.09. The Bertz CT molecular complexity index is 219. The lowest BCUT2D eigenvalue weighted by Crippen LogP contribution is -2.51. The van der Waals surface area contributed by atoms with Gasteiger partial charge in [0.1, 0.15) is 0 Å². The second-order valence-electron chi connectivity index (χ2n) is 5.80. The number of quaternary nitrogens is 1. The molecule has 3 heteroatoms. The first kappa shape index (κ1) is 18.4. The van der Waals surface area contributed by atoms with Gasteiger partial charge in [-0.3, -0.25) is 0 Å². The Kier molecular flexibility index (Phi) is 10.9. The first-order chi connectivity index (χ1) is 9.06. The van der Waals surface area contributed by atoms with Crippen LogP contribution in [0.2, 0.25) is 0 Å². The monoisotopic (exact) mass is 271 g/mol. The molecule has 0 unspecified atom stereocenters. The molecule has 0 amide bonds. The molecule has 0 aromatic carbocycles. The largest absolute Gasteiger partial charge is 0.550 e. The second kappa shape index (κ2) is 11.3. The highest BCUT2D eigenvalue weighted by atomic mass is 16.4. The number of carboxylic acids is 1. The van der Waals surface area contributed by atoms with E-state index in [1.807, 2.05) is 0 Å². The number of hydrogen-bond acceptors (Lipinski definition) is 2. The van der Waals surface area contributed by atoms with Crippen molar-refractivity contribution in [1.82, 2.24) is 0 Å². The third-order valence-electron chi connectivity index (χ3n) is 4.17. The number of unbranched alkanes of at least 4 members (excludes halogenated alkanes) is 4. The lowest BCUT2D eigenvalue weighted by atomic mass is 10.1. The van der Waals surface area contributed by atoms with E-state index >= 15 is 0 Å². The summed E-state index contributed by atoms with van der Waals surface area (Å²) in [6.45, 7) is 11.4. The summed E-state index contributed by atoms with van der Waals surface area (Å²) in [6.07, 6.45) is 11.6. The smallest absolute Gasteiger partial charge is 0.0786 e. The Hall–Kier alpha value is -0.570. The van der Waals surface area contributed by atoms with Crippen LogP contribution in [0.5, 0.6) is 0 Å². The van der Waals surface area contributed by atoms with E-state index < -0.39 is 5.97 Å². The van der Waals surface area contributed by atoms with Crippen molar-refractivity contribution >= 4 is 5.97 Å². The Morgan fingerprint density at radius 3 is 2.00 bits per heavy atom. The van der Waals surface area contributed by atoms with Gasteiger partial charge < -0.3 is 14.4 Å². The highest BCUT2D eigenvalue weighted by Crippen LogP contribution is 2.20. The molecular formula is C16H33NO2. The van der Waals surface area contributed by atoms with E-state index in [1.165, 1.54) is 82.0 Å². The molecule has 0 radical (unpaired) electrons. The third kappa shape index (κ3) is 9.94. The molecule has 1 aliphatic heterocycles. The quantitative estimate of drug-likeness (QED) is 0.527. The summed E-state index contributed by atoms with van der Waals surface area (Å²) in [5.74, 6) is -1.08. The average Bonchev–Trinajstić information content (AvgIpc) is 2.39. The zero-order valence-electron chi connectivity index (χ0n) is 13.2. The Balaban J connectivity index is 0.000000711. The van der Waals surface area contributed by atoms with Gasteiger partial charge in [0, 0.05) is 5.97 Å². The summed E-state index contributed by atoms with van der Waals surface area (Å²) in [7, 11) is 0. The van der Waals surface area contributed by atoms with Crippen LogP contribution in [0.25, 0.3) is 0 Å². The van der Waals surface area contributed by atoms with Crippen molar-refractivity contribution in [1.29, 1.82) is 0 Å². The average molecular weight is 271 g/mol. The number of piperidine rings is 1. The molecule has 3 nitrogen and oxygen atoms in total. The number of hydrogen-bond donors (Lipinski definition) is 0. The van der Waals surface area contributed by atoms with Gasteiger partial charge in [0.25, 0.3) is 0 Å². The van der Waals surface area contributed by atoms with Crippen molar-refractivity contribution < 1.29 is 14.4 Å². The topological polar surface area (TPSA) is 40.1 Å². The van der Waals surface area contributed by atoms with Gasteiger partial charge in [-0.15, -0.1) is 0 Å². The van der Waals surface area contributed by atoms with Crippen LogP contribution in [0, 0.1) is 0 Å². The fourth-order valence-corrected chi connectivity index (χ4v) is 2.93. The number of nitrogens with zero attached hydrogens (tertiary/aromatic N) is 1. The van der Waals surface area contributed by atoms with Crippen LogP contribution in [0.1, 0.15) is 72.1 Å². The summed E-state index contributed by atoms with van der Waals surface area (Å²) in [6, 6.07) is 0. The summed E-state index contributed by atoms with van der Waals surface area (Å²) in [4.78, 5) is 8.89. The highest BCUT2D eigenvalue weighted by Gasteiger charge is 2.26. The number of carbonyl (C=O) groups excluding carboxylic acids is 1. The van der Waals surface area contributed by atoms with E-state index in [2.05, 4.69) is 13.8 Å². The van der Waals surface area contributed by atoms with Gasteiger partial charge in [0.15, 0.2) is 0 Å². The van der Waals surface area contributed by atoms with Gasteiger partial charge in [-0.05, 0) is 46.0 Å². The maximum atomic E-state index is 8.89. The predicted molar refractivity (Wildman–Crippen MR) is 78.7 cm³/mol. The van der Waals surface area contributed by atoms with Crippen molar-refractivity contribution in [3.8, 4) is 0 Å². The zero-order valence-corrected chi connectivity index (χ0v) is 13.2. The third-order valence-corrected chi connectivity index (χ3v) is 4.17. The van der Waals surface area contributed by atoms with Gasteiger partial charge in [-0.1, -0.05) is 26.2 Å². The standard InChI is InChI=1S/C14H30N.C2H4O2/c1-3-5-6-7-9-12-15(4-2)13-10-8-11-14-15;1-2(3)4/h3-14H2,1-2H3;1H3,(H,3,4)/q+1;/p-1. The number of carboxylic acid groups (broad SMARTS) is 1. The molecule has 19 heavy (non-hydrogen) atoms. The van der Waals surface area contributed by atoms with Crippen LogP contribution in [-0.2, 0) is 4.79 Å². The van der Waals surface area contributed by atoms with Crippen molar-refractivity contribution in [3.63, 3.8) is 0 Å². The van der Waals surface area contributed by atoms with Crippen molar-refractivity contribution in [2.75, 3.05) is 26.2 Å².